The molecule has 1 aliphatic heterocycles. The average molecular weight is 574 g/mol. The van der Waals surface area contributed by atoms with E-state index in [-0.39, 0.29) is 35.9 Å². The molecule has 0 unspecified atom stereocenters. The zero-order chi connectivity index (χ0) is 23.0. The fourth-order valence-corrected chi connectivity index (χ4v) is 4.25. The molecule has 0 atom stereocenters. The Balaban J connectivity index is 0.00000324. The monoisotopic (exact) mass is 574 g/mol. The molecule has 1 saturated heterocycles. The molecule has 0 bridgehead atoms. The largest absolute Gasteiger partial charge is 0.469 e. The van der Waals surface area contributed by atoms with Crippen LogP contribution >= 0.6 is 24.0 Å². The average Bonchev–Trinajstić information content (AvgIpc) is 3.38. The van der Waals surface area contributed by atoms with Gasteiger partial charge in [-0.1, -0.05) is 48.5 Å². The number of nitrogens with one attached hydrogen (secondary N) is 1. The molecule has 1 aromatic heterocycles. The first-order valence-corrected chi connectivity index (χ1v) is 11.2. The van der Waals surface area contributed by atoms with Crippen LogP contribution in [0.3, 0.4) is 0 Å². The van der Waals surface area contributed by atoms with Gasteiger partial charge in [0.1, 0.15) is 12.7 Å². The molecule has 0 radical (unpaired) electrons. The van der Waals surface area contributed by atoms with Gasteiger partial charge in [-0.15, -0.1) is 24.0 Å². The van der Waals surface area contributed by atoms with Gasteiger partial charge in [-0.05, 0) is 35.1 Å². The van der Waals surface area contributed by atoms with Crippen LogP contribution in [-0.4, -0.2) is 58.8 Å². The number of carbonyl (C=O) groups is 1. The van der Waals surface area contributed by atoms with Crippen molar-refractivity contribution in [3.05, 3.63) is 72.3 Å². The molecule has 180 valence electrons. The summed E-state index contributed by atoms with van der Waals surface area (Å²) in [7, 11) is 3.26. The van der Waals surface area contributed by atoms with Crippen LogP contribution in [-0.2, 0) is 22.6 Å². The van der Waals surface area contributed by atoms with Crippen molar-refractivity contribution in [2.24, 2.45) is 10.9 Å². The second-order valence-corrected chi connectivity index (χ2v) is 8.13. The summed E-state index contributed by atoms with van der Waals surface area (Å²) in [6, 6.07) is 17.0. The molecular formula is C25H31IN6O2. The number of halogens is 1. The Morgan fingerprint density at radius 2 is 1.88 bits per heavy atom. The molecule has 1 N–H and O–H groups in total. The van der Waals surface area contributed by atoms with E-state index in [0.717, 1.165) is 31.9 Å². The van der Waals surface area contributed by atoms with E-state index in [1.165, 1.54) is 29.4 Å². The number of piperidine rings is 1. The van der Waals surface area contributed by atoms with Gasteiger partial charge in [0.2, 0.25) is 0 Å². The smallest absolute Gasteiger partial charge is 0.308 e. The fraction of sp³-hybridized carbons (Fsp3) is 0.360. The Labute approximate surface area is 217 Å². The van der Waals surface area contributed by atoms with Crippen molar-refractivity contribution in [1.29, 1.82) is 0 Å². The molecule has 2 aromatic carbocycles. The van der Waals surface area contributed by atoms with Gasteiger partial charge in [-0.2, -0.15) is 5.10 Å². The van der Waals surface area contributed by atoms with E-state index < -0.39 is 0 Å². The Hall–Kier alpha value is -2.95. The van der Waals surface area contributed by atoms with Gasteiger partial charge in [0.25, 0.3) is 0 Å². The van der Waals surface area contributed by atoms with Crippen molar-refractivity contribution in [2.75, 3.05) is 27.2 Å². The summed E-state index contributed by atoms with van der Waals surface area (Å²) in [6.07, 6.45) is 4.84. The second-order valence-electron chi connectivity index (χ2n) is 8.13. The molecule has 0 spiro atoms. The molecule has 4 rings (SSSR count). The van der Waals surface area contributed by atoms with Crippen LogP contribution in [0.1, 0.15) is 24.0 Å². The first-order chi connectivity index (χ1) is 16.2. The zero-order valence-corrected chi connectivity index (χ0v) is 21.9. The third-order valence-electron chi connectivity index (χ3n) is 6.07. The summed E-state index contributed by atoms with van der Waals surface area (Å²) >= 11 is 0. The van der Waals surface area contributed by atoms with Crippen LogP contribution in [0.25, 0.3) is 11.1 Å². The van der Waals surface area contributed by atoms with E-state index in [1.807, 2.05) is 4.68 Å². The molecule has 2 heterocycles. The number of carbonyl (C=O) groups excluding carboxylic acids is 1. The lowest BCUT2D eigenvalue weighted by Gasteiger charge is -2.33. The molecule has 0 saturated carbocycles. The van der Waals surface area contributed by atoms with Crippen LogP contribution in [0.5, 0.6) is 0 Å². The topological polar surface area (TPSA) is 84.6 Å². The number of nitrogens with zero attached hydrogens (tertiary/aromatic N) is 5. The standard InChI is InChI=1S/C25H30N6O2.HI/c1-26-25(30-13-11-21(12-14-30)24(32)33-2)28-15-22-5-3-4-6-23(22)20-9-7-19(8-10-20)16-31-18-27-17-29-31;/h3-10,17-18,21H,11-16H2,1-2H3,(H,26,28);1H. The van der Waals surface area contributed by atoms with E-state index in [0.29, 0.717) is 13.1 Å². The number of hydrogen-bond acceptors (Lipinski definition) is 5. The first-order valence-electron chi connectivity index (χ1n) is 11.2. The summed E-state index contributed by atoms with van der Waals surface area (Å²) in [4.78, 5) is 22.5. The number of rotatable bonds is 6. The number of guanidine groups is 1. The van der Waals surface area contributed by atoms with Crippen LogP contribution < -0.4 is 5.32 Å². The molecule has 1 aliphatic rings. The lowest BCUT2D eigenvalue weighted by atomic mass is 9.97. The number of hydrogen-bond donors (Lipinski definition) is 1. The number of aliphatic imine (C=N–C) groups is 1. The van der Waals surface area contributed by atoms with E-state index in [9.17, 15) is 4.79 Å². The Morgan fingerprint density at radius 3 is 2.53 bits per heavy atom. The normalized spacial score (nSPS) is 14.4. The van der Waals surface area contributed by atoms with Crippen LogP contribution in [0.4, 0.5) is 0 Å². The van der Waals surface area contributed by atoms with Crippen LogP contribution in [0.15, 0.2) is 66.2 Å². The highest BCUT2D eigenvalue weighted by Gasteiger charge is 2.27. The SMILES string of the molecule is CN=C(NCc1ccccc1-c1ccc(Cn2cncn2)cc1)N1CCC(C(=O)OC)CC1.I. The lowest BCUT2D eigenvalue weighted by Crippen LogP contribution is -2.46. The summed E-state index contributed by atoms with van der Waals surface area (Å²) in [5, 5.41) is 7.68. The third kappa shape index (κ3) is 6.34. The fourth-order valence-electron chi connectivity index (χ4n) is 4.25. The molecule has 9 heteroatoms. The van der Waals surface area contributed by atoms with Crippen molar-refractivity contribution in [1.82, 2.24) is 25.0 Å². The highest BCUT2D eigenvalue weighted by molar-refractivity contribution is 14.0. The van der Waals surface area contributed by atoms with Crippen LogP contribution in [0, 0.1) is 5.92 Å². The lowest BCUT2D eigenvalue weighted by molar-refractivity contribution is -0.146. The van der Waals surface area contributed by atoms with E-state index in [4.69, 9.17) is 4.74 Å². The zero-order valence-electron chi connectivity index (χ0n) is 19.6. The summed E-state index contributed by atoms with van der Waals surface area (Å²) in [6.45, 7) is 2.94. The summed E-state index contributed by atoms with van der Waals surface area (Å²) in [5.41, 5.74) is 4.74. The number of methoxy groups -OCH3 is 1. The van der Waals surface area contributed by atoms with Gasteiger partial charge in [-0.3, -0.25) is 9.79 Å². The highest BCUT2D eigenvalue weighted by Crippen LogP contribution is 2.25. The molecule has 0 aliphatic carbocycles. The molecule has 1 fully saturated rings. The van der Waals surface area contributed by atoms with Gasteiger partial charge >= 0.3 is 5.97 Å². The number of esters is 1. The number of likely N-dealkylation sites (tertiary alicyclic amines) is 1. The predicted molar refractivity (Wildman–Crippen MR) is 143 cm³/mol. The maximum Gasteiger partial charge on any atom is 0.308 e. The Bertz CT molecular complexity index is 1080. The Morgan fingerprint density at radius 1 is 1.15 bits per heavy atom. The van der Waals surface area contributed by atoms with E-state index in [2.05, 4.69) is 73.8 Å². The minimum absolute atomic E-state index is 0. The molecular weight excluding hydrogens is 543 g/mol. The van der Waals surface area contributed by atoms with Crippen LogP contribution in [0.2, 0.25) is 0 Å². The first kappa shape index (κ1) is 25.7. The molecule has 8 nitrogen and oxygen atoms in total. The van der Waals surface area contributed by atoms with Gasteiger partial charge in [-0.25, -0.2) is 9.67 Å². The van der Waals surface area contributed by atoms with E-state index in [1.54, 1.807) is 19.7 Å². The number of aromatic nitrogens is 3. The van der Waals surface area contributed by atoms with Crippen molar-refractivity contribution in [2.45, 2.75) is 25.9 Å². The number of benzene rings is 2. The minimum atomic E-state index is -0.112. The van der Waals surface area contributed by atoms with Gasteiger partial charge in [0, 0.05) is 26.7 Å². The van der Waals surface area contributed by atoms with E-state index >= 15 is 0 Å². The van der Waals surface area contributed by atoms with Gasteiger partial charge in [0.05, 0.1) is 19.6 Å². The van der Waals surface area contributed by atoms with Crippen molar-refractivity contribution in [3.63, 3.8) is 0 Å². The Kier molecular flexibility index (Phi) is 9.43. The second kappa shape index (κ2) is 12.5. The maximum atomic E-state index is 11.8. The van der Waals surface area contributed by atoms with Crippen molar-refractivity contribution >= 4 is 35.9 Å². The molecule has 0 amide bonds. The quantitative estimate of drug-likeness (QED) is 0.210. The molecule has 34 heavy (non-hydrogen) atoms. The van der Waals surface area contributed by atoms with Gasteiger partial charge < -0.3 is 15.0 Å². The highest BCUT2D eigenvalue weighted by atomic mass is 127. The third-order valence-corrected chi connectivity index (χ3v) is 6.07. The summed E-state index contributed by atoms with van der Waals surface area (Å²) < 4.78 is 6.71. The maximum absolute atomic E-state index is 11.8. The van der Waals surface area contributed by atoms with Gasteiger partial charge in [0.15, 0.2) is 5.96 Å². The number of ether oxygens (including phenoxy) is 1. The predicted octanol–water partition coefficient (Wildman–Crippen LogP) is 3.57. The molecule has 3 aromatic rings. The summed E-state index contributed by atoms with van der Waals surface area (Å²) in [5.74, 6) is 0.729. The van der Waals surface area contributed by atoms with Crippen molar-refractivity contribution in [3.8, 4) is 11.1 Å². The van der Waals surface area contributed by atoms with Crippen molar-refractivity contribution < 1.29 is 9.53 Å². The minimum Gasteiger partial charge on any atom is -0.469 e.